The summed E-state index contributed by atoms with van der Waals surface area (Å²) >= 11 is 0. The predicted octanol–water partition coefficient (Wildman–Crippen LogP) is 1.96. The first kappa shape index (κ1) is 10.7. The highest BCUT2D eigenvalue weighted by molar-refractivity contribution is 5.32. The van der Waals surface area contributed by atoms with E-state index >= 15 is 0 Å². The van der Waals surface area contributed by atoms with Crippen LogP contribution < -0.4 is 11.1 Å². The zero-order valence-corrected chi connectivity index (χ0v) is 9.59. The fraction of sp³-hybridized carbons (Fsp3) is 0.538. The summed E-state index contributed by atoms with van der Waals surface area (Å²) in [6.45, 7) is 6.36. The van der Waals surface area contributed by atoms with Gasteiger partial charge in [0.05, 0.1) is 5.54 Å². The Labute approximate surface area is 91.9 Å². The second-order valence-electron chi connectivity index (χ2n) is 4.86. The van der Waals surface area contributed by atoms with Crippen LogP contribution in [-0.4, -0.2) is 13.1 Å². The Kier molecular flexibility index (Phi) is 2.81. The normalized spacial score (nSPS) is 26.1. The molecule has 0 radical (unpaired) electrons. The zero-order chi connectivity index (χ0) is 10.9. The highest BCUT2D eigenvalue weighted by atomic mass is 15.0. The fourth-order valence-corrected chi connectivity index (χ4v) is 2.17. The van der Waals surface area contributed by atoms with E-state index in [1.54, 1.807) is 0 Å². The summed E-state index contributed by atoms with van der Waals surface area (Å²) in [6.07, 6.45) is 1.04. The van der Waals surface area contributed by atoms with Gasteiger partial charge in [-0.25, -0.2) is 0 Å². The lowest BCUT2D eigenvalue weighted by Gasteiger charge is -2.24. The minimum atomic E-state index is -0.148. The van der Waals surface area contributed by atoms with Gasteiger partial charge in [-0.2, -0.15) is 0 Å². The molecule has 0 unspecified atom stereocenters. The molecule has 2 heteroatoms. The Balaban J connectivity index is 2.31. The molecule has 1 aliphatic rings. The average Bonchev–Trinajstić information content (AvgIpc) is 2.67. The maximum Gasteiger partial charge on any atom is 0.0548 e. The van der Waals surface area contributed by atoms with Gasteiger partial charge in [0.2, 0.25) is 0 Å². The molecule has 2 nitrogen and oxygen atoms in total. The standard InChI is InChI=1S/C13H20N2/c1-10(2)11-4-3-5-12(8-11)13(14)6-7-15-9-13/h3-5,8,10,15H,6-7,9,14H2,1-2H3/t13-/m1/s1. The van der Waals surface area contributed by atoms with Crippen molar-refractivity contribution in [2.24, 2.45) is 5.73 Å². The van der Waals surface area contributed by atoms with E-state index in [2.05, 4.69) is 43.4 Å². The topological polar surface area (TPSA) is 38.0 Å². The van der Waals surface area contributed by atoms with Crippen LogP contribution in [0.5, 0.6) is 0 Å². The largest absolute Gasteiger partial charge is 0.320 e. The Morgan fingerprint density at radius 1 is 1.40 bits per heavy atom. The van der Waals surface area contributed by atoms with Crippen LogP contribution in [-0.2, 0) is 5.54 Å². The first-order valence-electron chi connectivity index (χ1n) is 5.72. The van der Waals surface area contributed by atoms with Crippen molar-refractivity contribution in [3.63, 3.8) is 0 Å². The summed E-state index contributed by atoms with van der Waals surface area (Å²) in [7, 11) is 0. The molecule has 0 amide bonds. The summed E-state index contributed by atoms with van der Waals surface area (Å²) in [5, 5.41) is 3.34. The molecule has 1 aromatic rings. The SMILES string of the molecule is CC(C)c1cccc([C@@]2(N)CCNC2)c1. The van der Waals surface area contributed by atoms with E-state index in [9.17, 15) is 0 Å². The Morgan fingerprint density at radius 2 is 2.20 bits per heavy atom. The molecular formula is C13H20N2. The lowest BCUT2D eigenvalue weighted by molar-refractivity contribution is 0.493. The van der Waals surface area contributed by atoms with Crippen LogP contribution in [0.4, 0.5) is 0 Å². The van der Waals surface area contributed by atoms with Crippen molar-refractivity contribution in [1.29, 1.82) is 0 Å². The molecular weight excluding hydrogens is 184 g/mol. The first-order chi connectivity index (χ1) is 7.12. The summed E-state index contributed by atoms with van der Waals surface area (Å²) in [5.41, 5.74) is 8.89. The monoisotopic (exact) mass is 204 g/mol. The van der Waals surface area contributed by atoms with E-state index in [1.165, 1.54) is 11.1 Å². The second-order valence-corrected chi connectivity index (χ2v) is 4.86. The van der Waals surface area contributed by atoms with Crippen LogP contribution in [0.3, 0.4) is 0 Å². The molecule has 0 saturated carbocycles. The number of rotatable bonds is 2. The molecule has 0 spiro atoms. The molecule has 1 heterocycles. The van der Waals surface area contributed by atoms with E-state index in [0.717, 1.165) is 19.5 Å². The minimum Gasteiger partial charge on any atom is -0.320 e. The summed E-state index contributed by atoms with van der Waals surface area (Å²) in [4.78, 5) is 0. The van der Waals surface area contributed by atoms with Crippen molar-refractivity contribution in [1.82, 2.24) is 5.32 Å². The summed E-state index contributed by atoms with van der Waals surface area (Å²) in [5.74, 6) is 0.572. The van der Waals surface area contributed by atoms with Crippen LogP contribution in [0.2, 0.25) is 0 Å². The Morgan fingerprint density at radius 3 is 2.80 bits per heavy atom. The van der Waals surface area contributed by atoms with Crippen LogP contribution in [0.25, 0.3) is 0 Å². The maximum atomic E-state index is 6.39. The fourth-order valence-electron chi connectivity index (χ4n) is 2.17. The van der Waals surface area contributed by atoms with Gasteiger partial charge in [-0.15, -0.1) is 0 Å². The van der Waals surface area contributed by atoms with Crippen LogP contribution in [0.15, 0.2) is 24.3 Å². The average molecular weight is 204 g/mol. The van der Waals surface area contributed by atoms with Crippen molar-refractivity contribution in [3.05, 3.63) is 35.4 Å². The number of nitrogens with one attached hydrogen (secondary N) is 1. The lowest BCUT2D eigenvalue weighted by atomic mass is 9.87. The van der Waals surface area contributed by atoms with Gasteiger partial charge in [-0.3, -0.25) is 0 Å². The van der Waals surface area contributed by atoms with E-state index in [0.29, 0.717) is 5.92 Å². The van der Waals surface area contributed by atoms with E-state index in [4.69, 9.17) is 5.73 Å². The van der Waals surface area contributed by atoms with Crippen molar-refractivity contribution in [2.45, 2.75) is 31.7 Å². The molecule has 1 aliphatic heterocycles. The van der Waals surface area contributed by atoms with Crippen molar-refractivity contribution < 1.29 is 0 Å². The van der Waals surface area contributed by atoms with Gasteiger partial charge in [-0.1, -0.05) is 38.1 Å². The van der Waals surface area contributed by atoms with Gasteiger partial charge in [0.15, 0.2) is 0 Å². The van der Waals surface area contributed by atoms with Gasteiger partial charge in [0, 0.05) is 6.54 Å². The quantitative estimate of drug-likeness (QED) is 0.773. The Hall–Kier alpha value is -0.860. The van der Waals surface area contributed by atoms with Crippen LogP contribution >= 0.6 is 0 Å². The third-order valence-electron chi connectivity index (χ3n) is 3.32. The highest BCUT2D eigenvalue weighted by Crippen LogP contribution is 2.27. The third kappa shape index (κ3) is 2.06. The molecule has 1 aromatic carbocycles. The molecule has 0 aliphatic carbocycles. The highest BCUT2D eigenvalue weighted by Gasteiger charge is 2.31. The minimum absolute atomic E-state index is 0.148. The number of nitrogens with two attached hydrogens (primary N) is 1. The van der Waals surface area contributed by atoms with Crippen LogP contribution in [0.1, 0.15) is 37.3 Å². The van der Waals surface area contributed by atoms with Crippen LogP contribution in [0, 0.1) is 0 Å². The molecule has 15 heavy (non-hydrogen) atoms. The van der Waals surface area contributed by atoms with E-state index < -0.39 is 0 Å². The van der Waals surface area contributed by atoms with Gasteiger partial charge < -0.3 is 11.1 Å². The predicted molar refractivity (Wildman–Crippen MR) is 63.9 cm³/mol. The number of hydrogen-bond donors (Lipinski definition) is 2. The third-order valence-corrected chi connectivity index (χ3v) is 3.32. The number of benzene rings is 1. The molecule has 1 saturated heterocycles. The molecule has 82 valence electrons. The lowest BCUT2D eigenvalue weighted by Crippen LogP contribution is -2.38. The molecule has 0 bridgehead atoms. The zero-order valence-electron chi connectivity index (χ0n) is 9.59. The molecule has 1 fully saturated rings. The Bertz CT molecular complexity index is 338. The first-order valence-corrected chi connectivity index (χ1v) is 5.72. The number of hydrogen-bond acceptors (Lipinski definition) is 2. The van der Waals surface area contributed by atoms with E-state index in [-0.39, 0.29) is 5.54 Å². The molecule has 3 N–H and O–H groups in total. The second kappa shape index (κ2) is 3.95. The van der Waals surface area contributed by atoms with Crippen molar-refractivity contribution in [2.75, 3.05) is 13.1 Å². The maximum absolute atomic E-state index is 6.39. The van der Waals surface area contributed by atoms with Gasteiger partial charge in [-0.05, 0) is 30.0 Å². The van der Waals surface area contributed by atoms with Gasteiger partial charge in [0.25, 0.3) is 0 Å². The van der Waals surface area contributed by atoms with Crippen molar-refractivity contribution >= 4 is 0 Å². The van der Waals surface area contributed by atoms with Gasteiger partial charge >= 0.3 is 0 Å². The summed E-state index contributed by atoms with van der Waals surface area (Å²) < 4.78 is 0. The molecule has 0 aromatic heterocycles. The van der Waals surface area contributed by atoms with Crippen molar-refractivity contribution in [3.8, 4) is 0 Å². The van der Waals surface area contributed by atoms with E-state index in [1.807, 2.05) is 0 Å². The molecule has 1 atom stereocenters. The summed E-state index contributed by atoms with van der Waals surface area (Å²) in [6, 6.07) is 8.72. The molecule has 2 rings (SSSR count). The van der Waals surface area contributed by atoms with Gasteiger partial charge in [0.1, 0.15) is 0 Å². The smallest absolute Gasteiger partial charge is 0.0548 e.